The lowest BCUT2D eigenvalue weighted by molar-refractivity contribution is 0.0921. The summed E-state index contributed by atoms with van der Waals surface area (Å²) in [7, 11) is 0. The van der Waals surface area contributed by atoms with Gasteiger partial charge < -0.3 is 4.74 Å². The van der Waals surface area contributed by atoms with Crippen LogP contribution in [-0.2, 0) is 0 Å². The second-order valence-corrected chi connectivity index (χ2v) is 4.94. The smallest absolute Gasteiger partial charge is 0.200 e. The summed E-state index contributed by atoms with van der Waals surface area (Å²) in [6.45, 7) is 1.99. The van der Waals surface area contributed by atoms with Crippen LogP contribution in [0.3, 0.4) is 0 Å². The first-order chi connectivity index (χ1) is 10.2. The number of benzene rings is 2. The van der Waals surface area contributed by atoms with E-state index in [0.717, 1.165) is 16.5 Å². The summed E-state index contributed by atoms with van der Waals surface area (Å²) in [6, 6.07) is 17.0. The molecule has 3 nitrogen and oxygen atoms in total. The molecule has 1 heterocycles. The number of hydrogen-bond acceptors (Lipinski definition) is 3. The maximum atomic E-state index is 12.1. The molecule has 3 rings (SSSR count). The van der Waals surface area contributed by atoms with Crippen molar-refractivity contribution in [3.63, 3.8) is 0 Å². The zero-order chi connectivity index (χ0) is 14.7. The summed E-state index contributed by atoms with van der Waals surface area (Å²) in [5, 5.41) is 1.05. The van der Waals surface area contributed by atoms with Crippen LogP contribution in [-0.4, -0.2) is 17.4 Å². The molecule has 104 valence electrons. The Hall–Kier alpha value is -2.68. The van der Waals surface area contributed by atoms with E-state index in [1.165, 1.54) is 0 Å². The fourth-order valence-electron chi connectivity index (χ4n) is 2.19. The minimum Gasteiger partial charge on any atom is -0.485 e. The molecule has 0 saturated heterocycles. The molecule has 0 N–H and O–H groups in total. The van der Waals surface area contributed by atoms with Crippen LogP contribution in [0.4, 0.5) is 0 Å². The number of fused-ring (bicyclic) bond motifs is 1. The highest BCUT2D eigenvalue weighted by atomic mass is 16.5. The van der Waals surface area contributed by atoms with Gasteiger partial charge in [-0.15, -0.1) is 0 Å². The highest BCUT2D eigenvalue weighted by Gasteiger charge is 2.07. The van der Waals surface area contributed by atoms with Crippen LogP contribution in [0.1, 0.15) is 15.9 Å². The minimum absolute atomic E-state index is 0.0279. The normalized spacial score (nSPS) is 10.5. The maximum absolute atomic E-state index is 12.1. The lowest BCUT2D eigenvalue weighted by atomic mass is 10.1. The lowest BCUT2D eigenvalue weighted by Gasteiger charge is -2.07. The standard InChI is InChI=1S/C18H15NO2/c1-13-4-2-5-15(10-13)18(20)12-21-16-8-7-14-6-3-9-19-17(14)11-16/h2-11H,12H2,1H3. The highest BCUT2D eigenvalue weighted by molar-refractivity contribution is 5.97. The van der Waals surface area contributed by atoms with Gasteiger partial charge in [-0.2, -0.15) is 0 Å². The molecule has 3 heteroatoms. The number of aryl methyl sites for hydroxylation is 1. The fraction of sp³-hybridized carbons (Fsp3) is 0.111. The van der Waals surface area contributed by atoms with Gasteiger partial charge in [0.05, 0.1) is 5.52 Å². The molecular formula is C18H15NO2. The number of Topliss-reactive ketones (excluding diaryl/α,β-unsaturated/α-hetero) is 1. The molecule has 0 radical (unpaired) electrons. The molecule has 2 aromatic carbocycles. The SMILES string of the molecule is Cc1cccc(C(=O)COc2ccc3cccnc3c2)c1. The van der Waals surface area contributed by atoms with E-state index in [2.05, 4.69) is 4.98 Å². The lowest BCUT2D eigenvalue weighted by Crippen LogP contribution is -2.11. The van der Waals surface area contributed by atoms with Crippen LogP contribution in [0.5, 0.6) is 5.75 Å². The molecule has 0 aliphatic heterocycles. The van der Waals surface area contributed by atoms with Crippen molar-refractivity contribution in [1.82, 2.24) is 4.98 Å². The topological polar surface area (TPSA) is 39.2 Å². The van der Waals surface area contributed by atoms with Crippen LogP contribution in [0.15, 0.2) is 60.8 Å². The van der Waals surface area contributed by atoms with Gasteiger partial charge in [-0.25, -0.2) is 0 Å². The number of hydrogen-bond donors (Lipinski definition) is 0. The largest absolute Gasteiger partial charge is 0.485 e. The minimum atomic E-state index is -0.0279. The molecule has 0 aliphatic rings. The third-order valence-corrected chi connectivity index (χ3v) is 3.29. The van der Waals surface area contributed by atoms with E-state index in [-0.39, 0.29) is 12.4 Å². The number of carbonyl (C=O) groups is 1. The number of pyridine rings is 1. The zero-order valence-electron chi connectivity index (χ0n) is 11.7. The van der Waals surface area contributed by atoms with E-state index in [9.17, 15) is 4.79 Å². The molecule has 0 unspecified atom stereocenters. The van der Waals surface area contributed by atoms with E-state index in [1.807, 2.05) is 55.5 Å². The molecule has 0 aliphatic carbocycles. The molecule has 0 bridgehead atoms. The Kier molecular flexibility index (Phi) is 3.65. The van der Waals surface area contributed by atoms with Gasteiger partial charge in [0, 0.05) is 23.2 Å². The van der Waals surface area contributed by atoms with Gasteiger partial charge in [-0.1, -0.05) is 29.8 Å². The summed E-state index contributed by atoms with van der Waals surface area (Å²) < 4.78 is 5.58. The van der Waals surface area contributed by atoms with E-state index < -0.39 is 0 Å². The van der Waals surface area contributed by atoms with Crippen molar-refractivity contribution in [2.45, 2.75) is 6.92 Å². The van der Waals surface area contributed by atoms with E-state index in [1.54, 1.807) is 12.3 Å². The van der Waals surface area contributed by atoms with Crippen LogP contribution in [0, 0.1) is 6.92 Å². The van der Waals surface area contributed by atoms with Crippen molar-refractivity contribution in [2.24, 2.45) is 0 Å². The zero-order valence-corrected chi connectivity index (χ0v) is 11.7. The third kappa shape index (κ3) is 3.08. The quantitative estimate of drug-likeness (QED) is 0.681. The van der Waals surface area contributed by atoms with Crippen molar-refractivity contribution in [2.75, 3.05) is 6.61 Å². The summed E-state index contributed by atoms with van der Waals surface area (Å²) in [4.78, 5) is 16.4. The number of carbonyl (C=O) groups excluding carboxylic acids is 1. The van der Waals surface area contributed by atoms with Gasteiger partial charge in [-0.3, -0.25) is 9.78 Å². The van der Waals surface area contributed by atoms with Gasteiger partial charge in [0.1, 0.15) is 5.75 Å². The van der Waals surface area contributed by atoms with E-state index in [4.69, 9.17) is 4.74 Å². The van der Waals surface area contributed by atoms with Gasteiger partial charge in [0.25, 0.3) is 0 Å². The summed E-state index contributed by atoms with van der Waals surface area (Å²) in [5.74, 6) is 0.627. The first-order valence-electron chi connectivity index (χ1n) is 6.80. The Morgan fingerprint density at radius 2 is 2.00 bits per heavy atom. The van der Waals surface area contributed by atoms with E-state index in [0.29, 0.717) is 11.3 Å². The van der Waals surface area contributed by atoms with Crippen molar-refractivity contribution in [3.05, 3.63) is 71.9 Å². The first kappa shape index (κ1) is 13.3. The molecule has 0 amide bonds. The van der Waals surface area contributed by atoms with Crippen molar-refractivity contribution >= 4 is 16.7 Å². The first-order valence-corrected chi connectivity index (χ1v) is 6.80. The van der Waals surface area contributed by atoms with Crippen molar-refractivity contribution < 1.29 is 9.53 Å². The third-order valence-electron chi connectivity index (χ3n) is 3.29. The number of ether oxygens (including phenoxy) is 1. The highest BCUT2D eigenvalue weighted by Crippen LogP contribution is 2.19. The van der Waals surface area contributed by atoms with Gasteiger partial charge >= 0.3 is 0 Å². The maximum Gasteiger partial charge on any atom is 0.200 e. The fourth-order valence-corrected chi connectivity index (χ4v) is 2.19. The molecule has 0 spiro atoms. The molecule has 21 heavy (non-hydrogen) atoms. The van der Waals surface area contributed by atoms with Crippen LogP contribution in [0.2, 0.25) is 0 Å². The number of rotatable bonds is 4. The Bertz CT molecular complexity index is 796. The van der Waals surface area contributed by atoms with E-state index >= 15 is 0 Å². The number of ketones is 1. The second kappa shape index (κ2) is 5.75. The summed E-state index contributed by atoms with van der Waals surface area (Å²) in [5.41, 5.74) is 2.60. The molecule has 1 aromatic heterocycles. The predicted molar refractivity (Wildman–Crippen MR) is 82.7 cm³/mol. The molecule has 0 fully saturated rings. The predicted octanol–water partition coefficient (Wildman–Crippen LogP) is 3.80. The number of aromatic nitrogens is 1. The van der Waals surface area contributed by atoms with Gasteiger partial charge in [0.15, 0.2) is 12.4 Å². The molecule has 0 atom stereocenters. The summed E-state index contributed by atoms with van der Waals surface area (Å²) >= 11 is 0. The van der Waals surface area contributed by atoms with Crippen molar-refractivity contribution in [3.8, 4) is 5.75 Å². The Morgan fingerprint density at radius 1 is 1.10 bits per heavy atom. The van der Waals surface area contributed by atoms with Crippen molar-refractivity contribution in [1.29, 1.82) is 0 Å². The van der Waals surface area contributed by atoms with Crippen LogP contribution in [0.25, 0.3) is 10.9 Å². The van der Waals surface area contributed by atoms with Crippen LogP contribution < -0.4 is 4.74 Å². The summed E-state index contributed by atoms with van der Waals surface area (Å²) in [6.07, 6.45) is 1.74. The average molecular weight is 277 g/mol. The number of nitrogens with zero attached hydrogens (tertiary/aromatic N) is 1. The molecular weight excluding hydrogens is 262 g/mol. The second-order valence-electron chi connectivity index (χ2n) is 4.94. The molecule has 0 saturated carbocycles. The average Bonchev–Trinajstić information content (AvgIpc) is 2.52. The monoisotopic (exact) mass is 277 g/mol. The Labute approximate surface area is 123 Å². The molecule has 3 aromatic rings. The Balaban J connectivity index is 1.72. The van der Waals surface area contributed by atoms with Gasteiger partial charge in [0.2, 0.25) is 0 Å². The van der Waals surface area contributed by atoms with Gasteiger partial charge in [-0.05, 0) is 31.2 Å². The van der Waals surface area contributed by atoms with Crippen LogP contribution >= 0.6 is 0 Å². The Morgan fingerprint density at radius 3 is 2.86 bits per heavy atom.